The first-order valence-electron chi connectivity index (χ1n) is 8.42. The number of ether oxygens (including phenoxy) is 1. The monoisotopic (exact) mass is 336 g/mol. The van der Waals surface area contributed by atoms with Gasteiger partial charge in [0.15, 0.2) is 0 Å². The minimum absolute atomic E-state index is 0.0355. The summed E-state index contributed by atoms with van der Waals surface area (Å²) in [6.07, 6.45) is 0. The van der Waals surface area contributed by atoms with Crippen molar-refractivity contribution in [3.63, 3.8) is 0 Å². The van der Waals surface area contributed by atoms with Crippen molar-refractivity contribution >= 4 is 16.8 Å². The van der Waals surface area contributed by atoms with Gasteiger partial charge in [-0.25, -0.2) is 0 Å². The Labute approximate surface area is 148 Å². The Hall–Kier alpha value is -2.75. The summed E-state index contributed by atoms with van der Waals surface area (Å²) in [6, 6.07) is 13.8. The summed E-state index contributed by atoms with van der Waals surface area (Å²) in [6.45, 7) is 6.14. The van der Waals surface area contributed by atoms with Gasteiger partial charge in [0.2, 0.25) is 0 Å². The van der Waals surface area contributed by atoms with Crippen molar-refractivity contribution in [1.82, 2.24) is 9.88 Å². The average molecular weight is 336 g/mol. The number of rotatable bonds is 4. The van der Waals surface area contributed by atoms with E-state index in [1.54, 1.807) is 12.0 Å². The summed E-state index contributed by atoms with van der Waals surface area (Å²) in [5.74, 6) is 0.754. The molecule has 2 aromatic carbocycles. The Morgan fingerprint density at radius 1 is 1.16 bits per heavy atom. The quantitative estimate of drug-likeness (QED) is 0.755. The van der Waals surface area contributed by atoms with Crippen molar-refractivity contribution in [1.29, 1.82) is 0 Å². The van der Waals surface area contributed by atoms with E-state index < -0.39 is 0 Å². The topological polar surface area (TPSA) is 45.3 Å². The highest BCUT2D eigenvalue weighted by Gasteiger charge is 2.22. The molecule has 1 aromatic heterocycles. The molecule has 0 saturated carbocycles. The number of aromatic amines is 1. The Bertz CT molecular complexity index is 927. The fourth-order valence-electron chi connectivity index (χ4n) is 3.30. The normalized spacial score (nSPS) is 12.2. The molecule has 0 fully saturated rings. The number of aryl methyl sites for hydroxylation is 2. The maximum absolute atomic E-state index is 13.0. The van der Waals surface area contributed by atoms with Crippen molar-refractivity contribution in [3.05, 3.63) is 64.8 Å². The van der Waals surface area contributed by atoms with E-state index in [-0.39, 0.29) is 11.9 Å². The zero-order valence-electron chi connectivity index (χ0n) is 15.4. The van der Waals surface area contributed by atoms with E-state index in [2.05, 4.69) is 31.0 Å². The molecule has 1 heterocycles. The zero-order valence-corrected chi connectivity index (χ0v) is 15.4. The number of benzene rings is 2. The summed E-state index contributed by atoms with van der Waals surface area (Å²) in [4.78, 5) is 18.0. The van der Waals surface area contributed by atoms with E-state index >= 15 is 0 Å². The number of nitrogens with zero attached hydrogens (tertiary/aromatic N) is 1. The number of carbonyl (C=O) groups excluding carboxylic acids is 1. The number of hydrogen-bond donors (Lipinski definition) is 1. The molecule has 0 spiro atoms. The lowest BCUT2D eigenvalue weighted by atomic mass is 10.1. The van der Waals surface area contributed by atoms with Gasteiger partial charge >= 0.3 is 0 Å². The molecule has 1 atom stereocenters. The van der Waals surface area contributed by atoms with Gasteiger partial charge in [-0.15, -0.1) is 0 Å². The van der Waals surface area contributed by atoms with Crippen LogP contribution in [-0.2, 0) is 0 Å². The lowest BCUT2D eigenvalue weighted by Gasteiger charge is -2.26. The molecule has 0 bridgehead atoms. The van der Waals surface area contributed by atoms with Crippen molar-refractivity contribution in [2.45, 2.75) is 26.8 Å². The van der Waals surface area contributed by atoms with Gasteiger partial charge in [-0.1, -0.05) is 24.3 Å². The lowest BCUT2D eigenvalue weighted by molar-refractivity contribution is 0.0736. The number of hydrogen-bond acceptors (Lipinski definition) is 2. The SMILES string of the molecule is COc1ccccc1C(C)N(C)C(=O)c1cc2c(C)cc(C)cc2[nH]1. The molecule has 1 unspecified atom stereocenters. The highest BCUT2D eigenvalue weighted by Crippen LogP contribution is 2.29. The minimum Gasteiger partial charge on any atom is -0.496 e. The van der Waals surface area contributed by atoms with Crippen LogP contribution in [-0.4, -0.2) is 29.9 Å². The highest BCUT2D eigenvalue weighted by atomic mass is 16.5. The van der Waals surface area contributed by atoms with Gasteiger partial charge in [0, 0.05) is 23.5 Å². The number of methoxy groups -OCH3 is 1. The Morgan fingerprint density at radius 3 is 2.60 bits per heavy atom. The summed E-state index contributed by atoms with van der Waals surface area (Å²) in [5.41, 5.74) is 4.95. The molecule has 4 nitrogen and oxygen atoms in total. The molecule has 0 aliphatic carbocycles. The first kappa shape index (κ1) is 17.1. The number of H-pyrrole nitrogens is 1. The molecule has 0 saturated heterocycles. The molecule has 4 heteroatoms. The molecular weight excluding hydrogens is 312 g/mol. The third-order valence-electron chi connectivity index (χ3n) is 4.81. The Balaban J connectivity index is 1.93. The van der Waals surface area contributed by atoms with Crippen molar-refractivity contribution in [2.75, 3.05) is 14.2 Å². The third kappa shape index (κ3) is 3.12. The smallest absolute Gasteiger partial charge is 0.270 e. The van der Waals surface area contributed by atoms with Gasteiger partial charge in [0.1, 0.15) is 11.4 Å². The van der Waals surface area contributed by atoms with Crippen LogP contribution >= 0.6 is 0 Å². The molecule has 3 rings (SSSR count). The van der Waals surface area contributed by atoms with Crippen molar-refractivity contribution in [2.24, 2.45) is 0 Å². The molecule has 1 amide bonds. The number of para-hydroxylation sites is 1. The van der Waals surface area contributed by atoms with Gasteiger partial charge in [-0.05, 0) is 50.1 Å². The number of nitrogens with one attached hydrogen (secondary N) is 1. The molecule has 0 radical (unpaired) electrons. The van der Waals surface area contributed by atoms with E-state index in [1.165, 1.54) is 11.1 Å². The predicted molar refractivity (Wildman–Crippen MR) is 101 cm³/mol. The van der Waals surface area contributed by atoms with E-state index in [0.29, 0.717) is 5.69 Å². The molecule has 3 aromatic rings. The minimum atomic E-state index is -0.0992. The number of aromatic nitrogens is 1. The van der Waals surface area contributed by atoms with Crippen LogP contribution in [0.5, 0.6) is 5.75 Å². The zero-order chi connectivity index (χ0) is 18.1. The van der Waals surface area contributed by atoms with E-state index in [1.807, 2.05) is 44.3 Å². The molecule has 130 valence electrons. The fourth-order valence-corrected chi connectivity index (χ4v) is 3.30. The lowest BCUT2D eigenvalue weighted by Crippen LogP contribution is -2.30. The third-order valence-corrected chi connectivity index (χ3v) is 4.81. The van der Waals surface area contributed by atoms with Crippen LogP contribution in [0.15, 0.2) is 42.5 Å². The highest BCUT2D eigenvalue weighted by molar-refractivity contribution is 5.99. The summed E-state index contributed by atoms with van der Waals surface area (Å²) in [5, 5.41) is 1.09. The van der Waals surface area contributed by atoms with E-state index in [4.69, 9.17) is 4.74 Å². The van der Waals surface area contributed by atoms with Crippen LogP contribution in [0.25, 0.3) is 10.9 Å². The molecule has 1 N–H and O–H groups in total. The first-order valence-corrected chi connectivity index (χ1v) is 8.42. The van der Waals surface area contributed by atoms with Gasteiger partial charge in [0.25, 0.3) is 5.91 Å². The number of amides is 1. The second-order valence-corrected chi connectivity index (χ2v) is 6.56. The fraction of sp³-hybridized carbons (Fsp3) is 0.286. The van der Waals surface area contributed by atoms with Crippen LogP contribution in [0.2, 0.25) is 0 Å². The predicted octanol–water partition coefficient (Wildman–Crippen LogP) is 4.63. The van der Waals surface area contributed by atoms with E-state index in [9.17, 15) is 4.79 Å². The van der Waals surface area contributed by atoms with Gasteiger partial charge in [-0.3, -0.25) is 4.79 Å². The standard InChI is InChI=1S/C21H24N2O2/c1-13-10-14(2)17-12-19(22-18(17)11-13)21(24)23(4)15(3)16-8-6-7-9-20(16)25-5/h6-12,15,22H,1-5H3. The summed E-state index contributed by atoms with van der Waals surface area (Å²) < 4.78 is 5.43. The molecule has 25 heavy (non-hydrogen) atoms. The number of fused-ring (bicyclic) bond motifs is 1. The van der Waals surface area contributed by atoms with Crippen LogP contribution in [0.1, 0.15) is 40.1 Å². The first-order chi connectivity index (χ1) is 11.9. The average Bonchev–Trinajstić information content (AvgIpc) is 3.04. The van der Waals surface area contributed by atoms with Crippen LogP contribution < -0.4 is 4.74 Å². The number of carbonyl (C=O) groups is 1. The van der Waals surface area contributed by atoms with Crippen LogP contribution in [0.3, 0.4) is 0 Å². The van der Waals surface area contributed by atoms with E-state index in [0.717, 1.165) is 22.2 Å². The van der Waals surface area contributed by atoms with Crippen molar-refractivity contribution in [3.8, 4) is 5.75 Å². The largest absolute Gasteiger partial charge is 0.496 e. The van der Waals surface area contributed by atoms with Crippen molar-refractivity contribution < 1.29 is 9.53 Å². The Morgan fingerprint density at radius 2 is 1.88 bits per heavy atom. The second kappa shape index (κ2) is 6.63. The molecular formula is C21H24N2O2. The maximum Gasteiger partial charge on any atom is 0.270 e. The second-order valence-electron chi connectivity index (χ2n) is 6.56. The Kier molecular flexibility index (Phi) is 4.53. The van der Waals surface area contributed by atoms with Gasteiger partial charge in [0.05, 0.1) is 13.2 Å². The maximum atomic E-state index is 13.0. The summed E-state index contributed by atoms with van der Waals surface area (Å²) in [7, 11) is 3.47. The van der Waals surface area contributed by atoms with Crippen LogP contribution in [0.4, 0.5) is 0 Å². The summed E-state index contributed by atoms with van der Waals surface area (Å²) >= 11 is 0. The molecule has 0 aliphatic heterocycles. The van der Waals surface area contributed by atoms with Crippen LogP contribution in [0, 0.1) is 13.8 Å². The molecule has 0 aliphatic rings. The van der Waals surface area contributed by atoms with Gasteiger partial charge < -0.3 is 14.6 Å². The van der Waals surface area contributed by atoms with Gasteiger partial charge in [-0.2, -0.15) is 0 Å².